The molecule has 2 atom stereocenters. The van der Waals surface area contributed by atoms with Crippen molar-refractivity contribution in [2.45, 2.75) is 64.4 Å². The van der Waals surface area contributed by atoms with E-state index >= 15 is 4.39 Å². The number of nitrogens with zero attached hydrogens (tertiary/aromatic N) is 5. The summed E-state index contributed by atoms with van der Waals surface area (Å²) in [5, 5.41) is 10.6. The van der Waals surface area contributed by atoms with Gasteiger partial charge in [-0.15, -0.1) is 0 Å². The average molecular weight is 644 g/mol. The van der Waals surface area contributed by atoms with Crippen LogP contribution in [0.15, 0.2) is 67.4 Å². The van der Waals surface area contributed by atoms with E-state index in [-0.39, 0.29) is 16.1 Å². The molecule has 4 heterocycles. The van der Waals surface area contributed by atoms with E-state index in [0.29, 0.717) is 29.1 Å². The monoisotopic (exact) mass is 643 g/mol. The number of aryl methyl sites for hydroxylation is 1. The minimum atomic E-state index is -1.45. The van der Waals surface area contributed by atoms with E-state index in [2.05, 4.69) is 28.3 Å². The Morgan fingerprint density at radius 2 is 1.87 bits per heavy atom. The summed E-state index contributed by atoms with van der Waals surface area (Å²) < 4.78 is 32.2. The van der Waals surface area contributed by atoms with Gasteiger partial charge in [-0.05, 0) is 76.2 Å². The van der Waals surface area contributed by atoms with Gasteiger partial charge in [0.2, 0.25) is 0 Å². The third-order valence-corrected chi connectivity index (χ3v) is 9.72. The summed E-state index contributed by atoms with van der Waals surface area (Å²) in [5.41, 5.74) is 3.43. The van der Waals surface area contributed by atoms with Crippen molar-refractivity contribution in [1.29, 1.82) is 0 Å². The predicted molar refractivity (Wildman–Crippen MR) is 172 cm³/mol. The number of carbonyl (C=O) groups is 1. The molecule has 7 rings (SSSR count). The molecule has 1 fully saturated rings. The number of ether oxygens (including phenoxy) is 2. The van der Waals surface area contributed by atoms with Crippen molar-refractivity contribution in [3.63, 3.8) is 0 Å². The number of para-hydroxylation sites is 1. The Morgan fingerprint density at radius 1 is 1.07 bits per heavy atom. The van der Waals surface area contributed by atoms with Gasteiger partial charge in [0.05, 0.1) is 52.6 Å². The van der Waals surface area contributed by atoms with Crippen LogP contribution in [0.3, 0.4) is 0 Å². The first-order valence-electron chi connectivity index (χ1n) is 15.6. The molecular weight excluding hydrogens is 609 g/mol. The quantitative estimate of drug-likeness (QED) is 0.191. The molecule has 1 saturated heterocycles. The van der Waals surface area contributed by atoms with Gasteiger partial charge in [-0.1, -0.05) is 30.2 Å². The fourth-order valence-corrected chi connectivity index (χ4v) is 7.19. The smallest absolute Gasteiger partial charge is 0.335 e. The van der Waals surface area contributed by atoms with Crippen LogP contribution in [0.2, 0.25) is 5.02 Å². The third-order valence-electron chi connectivity index (χ3n) is 9.48. The number of aromatic carboxylic acids is 1. The van der Waals surface area contributed by atoms with Gasteiger partial charge in [-0.2, -0.15) is 0 Å². The molecule has 46 heavy (non-hydrogen) atoms. The number of likely N-dealkylation sites (tertiary alicyclic amines) is 1. The normalized spacial score (nSPS) is 19.4. The van der Waals surface area contributed by atoms with Crippen LogP contribution in [0.4, 0.5) is 4.39 Å². The standard InChI is InChI=1S/C35H35ClFN5O4/c1-4-40-20-38-18-24(40)19-41-21-39-31-27(15-22(33(43)44)16-29(31)41)34(2,42-13-6-5-7-14-42)26-9-8-10-30-32(26)46-35(3,45-30)25-12-11-23(36)17-28(25)37/h8-12,15-18,20-21H,4-7,13-14,19H2,1-3H3,(H,43,44). The molecule has 11 heteroatoms. The predicted octanol–water partition coefficient (Wildman–Crippen LogP) is 7.19. The second-order valence-corrected chi connectivity index (χ2v) is 12.7. The summed E-state index contributed by atoms with van der Waals surface area (Å²) >= 11 is 6.06. The van der Waals surface area contributed by atoms with Crippen molar-refractivity contribution in [3.05, 3.63) is 106 Å². The molecule has 3 aromatic carbocycles. The molecule has 0 amide bonds. The Morgan fingerprint density at radius 3 is 2.61 bits per heavy atom. The van der Waals surface area contributed by atoms with E-state index in [1.807, 2.05) is 29.0 Å². The van der Waals surface area contributed by atoms with Crippen LogP contribution >= 0.6 is 11.6 Å². The van der Waals surface area contributed by atoms with Crippen LogP contribution in [0.25, 0.3) is 11.0 Å². The Hall–Kier alpha value is -4.41. The number of hydrogen-bond acceptors (Lipinski definition) is 6. The Kier molecular flexibility index (Phi) is 7.52. The zero-order chi connectivity index (χ0) is 32.2. The number of hydrogen-bond donors (Lipinski definition) is 1. The third kappa shape index (κ3) is 4.91. The van der Waals surface area contributed by atoms with Crippen LogP contribution in [0.5, 0.6) is 11.5 Å². The number of fused-ring (bicyclic) bond motifs is 2. The van der Waals surface area contributed by atoms with Gasteiger partial charge >= 0.3 is 5.97 Å². The van der Waals surface area contributed by atoms with Crippen molar-refractivity contribution >= 4 is 28.6 Å². The molecular formula is C35H35ClFN5O4. The minimum Gasteiger partial charge on any atom is -0.478 e. The van der Waals surface area contributed by atoms with E-state index in [0.717, 1.165) is 55.7 Å². The van der Waals surface area contributed by atoms with E-state index in [1.54, 1.807) is 43.8 Å². The molecule has 2 aliphatic heterocycles. The van der Waals surface area contributed by atoms with Gasteiger partial charge < -0.3 is 23.7 Å². The maximum absolute atomic E-state index is 15.2. The fourth-order valence-electron chi connectivity index (χ4n) is 7.03. The zero-order valence-electron chi connectivity index (χ0n) is 26.0. The lowest BCUT2D eigenvalue weighted by atomic mass is 9.79. The molecule has 9 nitrogen and oxygen atoms in total. The van der Waals surface area contributed by atoms with Crippen LogP contribution in [-0.2, 0) is 24.4 Å². The van der Waals surface area contributed by atoms with Crippen molar-refractivity contribution in [2.24, 2.45) is 0 Å². The first-order valence-corrected chi connectivity index (χ1v) is 15.9. The fraction of sp³-hybridized carbons (Fsp3) is 0.343. The highest BCUT2D eigenvalue weighted by Gasteiger charge is 2.47. The zero-order valence-corrected chi connectivity index (χ0v) is 26.7. The number of carboxylic acid groups (broad SMARTS) is 1. The molecule has 2 unspecified atom stereocenters. The summed E-state index contributed by atoms with van der Waals surface area (Å²) in [4.78, 5) is 24.2. The summed E-state index contributed by atoms with van der Waals surface area (Å²) in [6.07, 6.45) is 8.47. The van der Waals surface area contributed by atoms with Crippen molar-refractivity contribution in [1.82, 2.24) is 24.0 Å². The molecule has 5 aromatic rings. The second kappa shape index (κ2) is 11.4. The van der Waals surface area contributed by atoms with Gasteiger partial charge in [-0.25, -0.2) is 19.2 Å². The number of carboxylic acids is 1. The molecule has 0 saturated carbocycles. The van der Waals surface area contributed by atoms with Gasteiger partial charge in [0.1, 0.15) is 5.82 Å². The number of piperidine rings is 1. The number of aromatic nitrogens is 4. The topological polar surface area (TPSA) is 94.6 Å². The summed E-state index contributed by atoms with van der Waals surface area (Å²) in [7, 11) is 0. The number of imidazole rings is 2. The molecule has 2 aromatic heterocycles. The molecule has 0 radical (unpaired) electrons. The van der Waals surface area contributed by atoms with Crippen LogP contribution < -0.4 is 9.47 Å². The highest BCUT2D eigenvalue weighted by Crippen LogP contribution is 2.53. The molecule has 1 N–H and O–H groups in total. The summed E-state index contributed by atoms with van der Waals surface area (Å²) in [6.45, 7) is 8.67. The second-order valence-electron chi connectivity index (χ2n) is 12.3. The Bertz CT molecular complexity index is 1970. The largest absolute Gasteiger partial charge is 0.478 e. The van der Waals surface area contributed by atoms with Gasteiger partial charge in [0.25, 0.3) is 5.79 Å². The van der Waals surface area contributed by atoms with Crippen LogP contribution in [0, 0.1) is 5.82 Å². The van der Waals surface area contributed by atoms with E-state index < -0.39 is 23.1 Å². The lowest BCUT2D eigenvalue weighted by Crippen LogP contribution is -2.48. The highest BCUT2D eigenvalue weighted by atomic mass is 35.5. The lowest BCUT2D eigenvalue weighted by molar-refractivity contribution is -0.0717. The van der Waals surface area contributed by atoms with Gasteiger partial charge in [0.15, 0.2) is 11.5 Å². The molecule has 2 aliphatic rings. The van der Waals surface area contributed by atoms with Crippen molar-refractivity contribution < 1.29 is 23.8 Å². The average Bonchev–Trinajstić information content (AvgIpc) is 3.77. The number of benzene rings is 3. The maximum Gasteiger partial charge on any atom is 0.335 e. The SMILES string of the molecule is CCn1cncc1Cn1cnc2c(C(C)(c3cccc4c3OC(C)(c3ccc(Cl)cc3F)O4)N3CCCCC3)cc(C(=O)O)cc21. The summed E-state index contributed by atoms with van der Waals surface area (Å²) in [5.74, 6) is -2.06. The number of rotatable bonds is 8. The van der Waals surface area contributed by atoms with Crippen LogP contribution in [0.1, 0.15) is 72.8 Å². The van der Waals surface area contributed by atoms with Crippen molar-refractivity contribution in [2.75, 3.05) is 13.1 Å². The molecule has 0 bridgehead atoms. The lowest BCUT2D eigenvalue weighted by Gasteiger charge is -2.44. The summed E-state index contributed by atoms with van der Waals surface area (Å²) in [6, 6.07) is 13.5. The van der Waals surface area contributed by atoms with Gasteiger partial charge in [-0.3, -0.25) is 4.90 Å². The maximum atomic E-state index is 15.2. The molecule has 0 spiro atoms. The van der Waals surface area contributed by atoms with Crippen LogP contribution in [-0.4, -0.2) is 48.2 Å². The Balaban J connectivity index is 1.42. The minimum absolute atomic E-state index is 0.161. The molecule has 238 valence electrons. The van der Waals surface area contributed by atoms with Crippen molar-refractivity contribution in [3.8, 4) is 11.5 Å². The highest BCUT2D eigenvalue weighted by molar-refractivity contribution is 6.30. The van der Waals surface area contributed by atoms with E-state index in [9.17, 15) is 9.90 Å². The Labute approximate surface area is 271 Å². The first kappa shape index (κ1) is 30.3. The molecule has 0 aliphatic carbocycles. The van der Waals surface area contributed by atoms with E-state index in [4.69, 9.17) is 26.1 Å². The number of halogens is 2. The van der Waals surface area contributed by atoms with E-state index in [1.165, 1.54) is 6.07 Å². The van der Waals surface area contributed by atoms with Gasteiger partial charge in [0, 0.05) is 35.8 Å². The first-order chi connectivity index (χ1) is 22.1.